The second-order valence-corrected chi connectivity index (χ2v) is 17.0. The van der Waals surface area contributed by atoms with E-state index in [4.69, 9.17) is 23.4 Å². The third-order valence-electron chi connectivity index (χ3n) is 7.48. The summed E-state index contributed by atoms with van der Waals surface area (Å²) in [6.45, 7) is 18.3. The molecule has 0 aromatic heterocycles. The van der Waals surface area contributed by atoms with E-state index in [1.807, 2.05) is 62.4 Å². The van der Waals surface area contributed by atoms with Crippen molar-refractivity contribution in [1.29, 1.82) is 0 Å². The van der Waals surface area contributed by atoms with Gasteiger partial charge < -0.3 is 23.4 Å². The zero-order valence-electron chi connectivity index (χ0n) is 24.3. The number of esters is 1. The van der Waals surface area contributed by atoms with E-state index in [0.29, 0.717) is 35.4 Å². The molecule has 1 heterocycles. The molecule has 0 bridgehead atoms. The lowest BCUT2D eigenvalue weighted by atomic mass is 10.1. The molecule has 38 heavy (non-hydrogen) atoms. The molecule has 7 heteroatoms. The van der Waals surface area contributed by atoms with Gasteiger partial charge in [0.1, 0.15) is 24.9 Å². The Hall–Kier alpha value is -2.03. The third kappa shape index (κ3) is 7.54. The molecule has 1 aliphatic heterocycles. The Kier molecular flexibility index (Phi) is 10.7. The van der Waals surface area contributed by atoms with Gasteiger partial charge in [0.25, 0.3) is 0 Å². The molecule has 0 amide bonds. The Bertz CT molecular complexity index is 970. The summed E-state index contributed by atoms with van der Waals surface area (Å²) in [6.07, 6.45) is -1.38. The molecule has 210 valence electrons. The molecule has 2 aromatic carbocycles. The number of rotatable bonds is 12. The zero-order chi connectivity index (χ0) is 27.9. The second kappa shape index (κ2) is 13.4. The minimum absolute atomic E-state index is 0.0532. The molecule has 1 aliphatic rings. The normalized spacial score (nSPS) is 21.7. The van der Waals surface area contributed by atoms with Crippen LogP contribution in [0.2, 0.25) is 16.6 Å². The van der Waals surface area contributed by atoms with E-state index in [2.05, 4.69) is 41.5 Å². The Labute approximate surface area is 230 Å². The molecule has 3 atom stereocenters. The Morgan fingerprint density at radius 2 is 1.32 bits per heavy atom. The lowest BCUT2D eigenvalue weighted by molar-refractivity contribution is -0.346. The van der Waals surface area contributed by atoms with Crippen molar-refractivity contribution in [2.45, 2.75) is 103 Å². The molecule has 0 unspecified atom stereocenters. The smallest absolute Gasteiger partial charge is 0.338 e. The largest absolute Gasteiger partial charge is 0.459 e. The van der Waals surface area contributed by atoms with Crippen LogP contribution in [-0.4, -0.2) is 51.6 Å². The fourth-order valence-corrected chi connectivity index (χ4v) is 11.4. The van der Waals surface area contributed by atoms with Gasteiger partial charge in [0.2, 0.25) is 0 Å². The molecular formula is C31H46O6Si. The Morgan fingerprint density at radius 3 is 1.84 bits per heavy atom. The molecule has 1 saturated heterocycles. The fraction of sp³-hybridized carbons (Fsp3) is 0.581. The third-order valence-corrected chi connectivity index (χ3v) is 13.6. The van der Waals surface area contributed by atoms with Gasteiger partial charge in [-0.25, -0.2) is 4.79 Å². The Balaban J connectivity index is 1.84. The molecule has 6 nitrogen and oxygen atoms in total. The molecule has 0 aliphatic carbocycles. The van der Waals surface area contributed by atoms with E-state index in [0.717, 1.165) is 5.56 Å². The average molecular weight is 543 g/mol. The highest BCUT2D eigenvalue weighted by Gasteiger charge is 2.49. The van der Waals surface area contributed by atoms with Crippen LogP contribution < -0.4 is 0 Å². The predicted octanol–water partition coefficient (Wildman–Crippen LogP) is 7.14. The molecule has 2 aromatic rings. The fourth-order valence-electron chi connectivity index (χ4n) is 5.91. The maximum absolute atomic E-state index is 12.7. The summed E-state index contributed by atoms with van der Waals surface area (Å²) in [5.74, 6) is -1.28. The van der Waals surface area contributed by atoms with Crippen molar-refractivity contribution in [3.8, 4) is 0 Å². The van der Waals surface area contributed by atoms with Crippen molar-refractivity contribution in [1.82, 2.24) is 0 Å². The predicted molar refractivity (Wildman–Crippen MR) is 153 cm³/mol. The van der Waals surface area contributed by atoms with Crippen LogP contribution in [0.25, 0.3) is 0 Å². The lowest BCUT2D eigenvalue weighted by Crippen LogP contribution is -2.59. The summed E-state index contributed by atoms with van der Waals surface area (Å²) in [5, 5.41) is 0. The maximum Gasteiger partial charge on any atom is 0.338 e. The van der Waals surface area contributed by atoms with Crippen molar-refractivity contribution < 1.29 is 28.2 Å². The summed E-state index contributed by atoms with van der Waals surface area (Å²) < 4.78 is 31.9. The summed E-state index contributed by atoms with van der Waals surface area (Å²) in [5.41, 5.74) is 2.89. The van der Waals surface area contributed by atoms with E-state index in [-0.39, 0.29) is 18.7 Å². The van der Waals surface area contributed by atoms with E-state index in [1.165, 1.54) is 0 Å². The van der Waals surface area contributed by atoms with Crippen molar-refractivity contribution in [2.75, 3.05) is 13.2 Å². The van der Waals surface area contributed by atoms with Crippen molar-refractivity contribution in [3.63, 3.8) is 0 Å². The minimum Gasteiger partial charge on any atom is -0.459 e. The first-order valence-electron chi connectivity index (χ1n) is 13.8. The topological polar surface area (TPSA) is 63.2 Å². The van der Waals surface area contributed by atoms with E-state index < -0.39 is 26.3 Å². The van der Waals surface area contributed by atoms with Gasteiger partial charge in [0.05, 0.1) is 18.8 Å². The molecule has 0 radical (unpaired) electrons. The highest BCUT2D eigenvalue weighted by molar-refractivity contribution is 6.77. The minimum atomic E-state index is -2.14. The number of hydrogen-bond donors (Lipinski definition) is 0. The van der Waals surface area contributed by atoms with Crippen molar-refractivity contribution >= 4 is 14.3 Å². The van der Waals surface area contributed by atoms with Crippen LogP contribution in [0.3, 0.4) is 0 Å². The highest BCUT2D eigenvalue weighted by Crippen LogP contribution is 2.43. The summed E-state index contributed by atoms with van der Waals surface area (Å²) in [4.78, 5) is 12.7. The summed E-state index contributed by atoms with van der Waals surface area (Å²) in [6, 6.07) is 19.0. The van der Waals surface area contributed by atoms with E-state index >= 15 is 0 Å². The molecule has 0 spiro atoms. The van der Waals surface area contributed by atoms with Gasteiger partial charge in [0, 0.05) is 0 Å². The first-order valence-corrected chi connectivity index (χ1v) is 16.0. The number of carbonyl (C=O) groups excluding carboxylic acids is 1. The van der Waals surface area contributed by atoms with Gasteiger partial charge in [-0.05, 0) is 48.2 Å². The van der Waals surface area contributed by atoms with Crippen LogP contribution in [0.15, 0.2) is 60.7 Å². The molecule has 3 rings (SSSR count). The van der Waals surface area contributed by atoms with Gasteiger partial charge in [0.15, 0.2) is 14.1 Å². The number of carbonyl (C=O) groups is 1. The zero-order valence-corrected chi connectivity index (χ0v) is 25.3. The first kappa shape index (κ1) is 30.5. The van der Waals surface area contributed by atoms with Crippen LogP contribution in [0.4, 0.5) is 0 Å². The van der Waals surface area contributed by atoms with E-state index in [9.17, 15) is 4.79 Å². The molecule has 0 N–H and O–H groups in total. The standard InChI is InChI=1S/C31H46O6Si/c1-22(2)38(23(3)4,24(5)6)35-21-28-29(33-19-25-15-11-9-12-16-25)27(36-31(7,8)37-28)20-34-30(32)26-17-13-10-14-18-26/h9-18,22-24,27-29H,19-21H2,1-8H3/t27-,28+,29+/m1/s1. The van der Waals surface area contributed by atoms with Crippen LogP contribution in [0.1, 0.15) is 71.3 Å². The number of ether oxygens (including phenoxy) is 4. The summed E-state index contributed by atoms with van der Waals surface area (Å²) in [7, 11) is -2.14. The molecule has 0 saturated carbocycles. The maximum atomic E-state index is 12.7. The van der Waals surface area contributed by atoms with Crippen LogP contribution in [0.5, 0.6) is 0 Å². The van der Waals surface area contributed by atoms with Gasteiger partial charge in [-0.2, -0.15) is 0 Å². The van der Waals surface area contributed by atoms with Crippen LogP contribution >= 0.6 is 0 Å². The van der Waals surface area contributed by atoms with Crippen molar-refractivity contribution in [2.24, 2.45) is 0 Å². The highest BCUT2D eigenvalue weighted by atomic mass is 28.4. The van der Waals surface area contributed by atoms with Crippen molar-refractivity contribution in [3.05, 3.63) is 71.8 Å². The SMILES string of the molecule is CC(C)[Si](OC[C@@H]1OC(C)(C)O[C@H](COC(=O)c2ccccc2)[C@@H]1OCc1ccccc1)(C(C)C)C(C)C. The van der Waals surface area contributed by atoms with Crippen LogP contribution in [-0.2, 0) is 30.0 Å². The first-order chi connectivity index (χ1) is 18.0. The number of benzene rings is 2. The number of hydrogen-bond acceptors (Lipinski definition) is 6. The second-order valence-electron chi connectivity index (χ2n) is 11.6. The van der Waals surface area contributed by atoms with Crippen LogP contribution in [0, 0.1) is 0 Å². The quantitative estimate of drug-likeness (QED) is 0.210. The van der Waals surface area contributed by atoms with Gasteiger partial charge >= 0.3 is 5.97 Å². The monoisotopic (exact) mass is 542 g/mol. The van der Waals surface area contributed by atoms with Gasteiger partial charge in [-0.15, -0.1) is 0 Å². The lowest BCUT2D eigenvalue weighted by Gasteiger charge is -2.48. The van der Waals surface area contributed by atoms with Gasteiger partial charge in [-0.1, -0.05) is 90.1 Å². The molecular weight excluding hydrogens is 496 g/mol. The molecule has 1 fully saturated rings. The Morgan fingerprint density at radius 1 is 0.816 bits per heavy atom. The average Bonchev–Trinajstić information content (AvgIpc) is 2.87. The van der Waals surface area contributed by atoms with E-state index in [1.54, 1.807) is 12.1 Å². The van der Waals surface area contributed by atoms with Gasteiger partial charge in [-0.3, -0.25) is 0 Å². The summed E-state index contributed by atoms with van der Waals surface area (Å²) >= 11 is 0.